The Hall–Kier alpha value is -1.39. The van der Waals surface area contributed by atoms with Crippen LogP contribution in [0.1, 0.15) is 32.1 Å². The summed E-state index contributed by atoms with van der Waals surface area (Å²) in [4.78, 5) is 8.65. The van der Waals surface area contributed by atoms with Crippen molar-refractivity contribution in [2.24, 2.45) is 0 Å². The number of rotatable bonds is 7. The molecule has 1 aromatic carbocycles. The van der Waals surface area contributed by atoms with E-state index in [0.717, 1.165) is 30.3 Å². The highest BCUT2D eigenvalue weighted by Crippen LogP contribution is 2.33. The molecule has 1 N–H and O–H groups in total. The number of nitrogens with one attached hydrogen (secondary N) is 1. The Kier molecular flexibility index (Phi) is 5.76. The van der Waals surface area contributed by atoms with E-state index in [0.29, 0.717) is 6.04 Å². The average Bonchev–Trinajstić information content (AvgIpc) is 2.89. The second kappa shape index (κ2) is 7.57. The highest BCUT2D eigenvalue weighted by Gasteiger charge is 2.18. The lowest BCUT2D eigenvalue weighted by Crippen LogP contribution is -2.31. The molecule has 2 aromatic rings. The summed E-state index contributed by atoms with van der Waals surface area (Å²) in [5.74, 6) is 0. The predicted molar refractivity (Wildman–Crippen MR) is 93.1 cm³/mol. The lowest BCUT2D eigenvalue weighted by molar-refractivity contribution is 0.669. The van der Waals surface area contributed by atoms with Crippen molar-refractivity contribution >= 4 is 16.5 Å². The summed E-state index contributed by atoms with van der Waals surface area (Å²) in [5.41, 5.74) is 2.32. The number of nitrogens with zero attached hydrogens (tertiary/aromatic N) is 2. The molecule has 0 aliphatic carbocycles. The van der Waals surface area contributed by atoms with Crippen LogP contribution in [0, 0.1) is 0 Å². The van der Waals surface area contributed by atoms with Crippen LogP contribution in [-0.4, -0.2) is 24.6 Å². The molecule has 4 heteroatoms. The first-order chi connectivity index (χ1) is 10.2. The van der Waals surface area contributed by atoms with E-state index in [9.17, 15) is 0 Å². The van der Waals surface area contributed by atoms with Gasteiger partial charge in [0.05, 0.1) is 5.69 Å². The van der Waals surface area contributed by atoms with Crippen molar-refractivity contribution < 1.29 is 0 Å². The summed E-state index contributed by atoms with van der Waals surface area (Å²) in [6.07, 6.45) is 1.14. The van der Waals surface area contributed by atoms with Crippen molar-refractivity contribution in [1.29, 1.82) is 0 Å². The fourth-order valence-corrected chi connectivity index (χ4v) is 3.63. The highest BCUT2D eigenvalue weighted by atomic mass is 32.1. The van der Waals surface area contributed by atoms with Crippen LogP contribution in [0.25, 0.3) is 11.3 Å². The minimum Gasteiger partial charge on any atom is -0.346 e. The molecule has 0 unspecified atom stereocenters. The van der Waals surface area contributed by atoms with Crippen LogP contribution in [0.5, 0.6) is 0 Å². The molecular weight excluding hydrogens is 278 g/mol. The second-order valence-electron chi connectivity index (χ2n) is 5.45. The van der Waals surface area contributed by atoms with Crippen molar-refractivity contribution in [3.63, 3.8) is 0 Å². The molecule has 1 aromatic heterocycles. The molecule has 0 saturated carbocycles. The Morgan fingerprint density at radius 3 is 2.52 bits per heavy atom. The molecule has 114 valence electrons. The van der Waals surface area contributed by atoms with Crippen LogP contribution < -0.4 is 10.2 Å². The molecule has 21 heavy (non-hydrogen) atoms. The first-order valence-electron chi connectivity index (χ1n) is 7.63. The topological polar surface area (TPSA) is 28.2 Å². The van der Waals surface area contributed by atoms with E-state index in [1.807, 2.05) is 24.5 Å². The van der Waals surface area contributed by atoms with Gasteiger partial charge in [0, 0.05) is 29.6 Å². The summed E-state index contributed by atoms with van der Waals surface area (Å²) >= 11 is 1.81. The van der Waals surface area contributed by atoms with Crippen LogP contribution in [0.4, 0.5) is 5.13 Å². The second-order valence-corrected chi connectivity index (χ2v) is 6.51. The number of hydrogen-bond acceptors (Lipinski definition) is 4. The quantitative estimate of drug-likeness (QED) is 0.832. The van der Waals surface area contributed by atoms with Gasteiger partial charge in [-0.25, -0.2) is 4.98 Å². The van der Waals surface area contributed by atoms with Gasteiger partial charge in [0.2, 0.25) is 0 Å². The SMILES string of the molecule is CCCN(c1nc(-c2ccccc2)c(CNC)s1)C(C)C. The van der Waals surface area contributed by atoms with Gasteiger partial charge in [0.15, 0.2) is 5.13 Å². The Bertz CT molecular complexity index is 548. The summed E-state index contributed by atoms with van der Waals surface area (Å²) in [5, 5.41) is 4.39. The Labute approximate surface area is 132 Å². The third-order valence-corrected chi connectivity index (χ3v) is 4.50. The molecule has 1 heterocycles. The maximum Gasteiger partial charge on any atom is 0.186 e. The van der Waals surface area contributed by atoms with Crippen molar-refractivity contribution in [2.45, 2.75) is 39.8 Å². The van der Waals surface area contributed by atoms with Crippen LogP contribution in [0.2, 0.25) is 0 Å². The van der Waals surface area contributed by atoms with Gasteiger partial charge < -0.3 is 10.2 Å². The number of aromatic nitrogens is 1. The number of benzene rings is 1. The Morgan fingerprint density at radius 1 is 1.24 bits per heavy atom. The number of thiazole rings is 1. The smallest absolute Gasteiger partial charge is 0.186 e. The zero-order valence-corrected chi connectivity index (χ0v) is 14.2. The molecular formula is C17H25N3S. The standard InChI is InChI=1S/C17H25N3S/c1-5-11-20(13(2)3)17-19-16(15(21-17)12-18-4)14-9-7-6-8-10-14/h6-10,13,18H,5,11-12H2,1-4H3. The van der Waals surface area contributed by atoms with E-state index in [1.54, 1.807) is 0 Å². The van der Waals surface area contributed by atoms with E-state index < -0.39 is 0 Å². The van der Waals surface area contributed by atoms with Crippen molar-refractivity contribution in [2.75, 3.05) is 18.5 Å². The summed E-state index contributed by atoms with van der Waals surface area (Å²) in [6, 6.07) is 10.9. The largest absolute Gasteiger partial charge is 0.346 e. The van der Waals surface area contributed by atoms with E-state index in [-0.39, 0.29) is 0 Å². The van der Waals surface area contributed by atoms with Gasteiger partial charge in [-0.15, -0.1) is 0 Å². The van der Waals surface area contributed by atoms with Gasteiger partial charge in [-0.3, -0.25) is 0 Å². The first kappa shape index (κ1) is 16.0. The van der Waals surface area contributed by atoms with Crippen molar-refractivity contribution in [3.05, 3.63) is 35.2 Å². The van der Waals surface area contributed by atoms with E-state index in [4.69, 9.17) is 4.98 Å². The predicted octanol–water partition coefficient (Wildman–Crippen LogP) is 4.15. The third kappa shape index (κ3) is 3.83. The minimum atomic E-state index is 0.474. The van der Waals surface area contributed by atoms with E-state index in [2.05, 4.69) is 55.3 Å². The molecule has 0 fully saturated rings. The molecule has 0 aliphatic heterocycles. The van der Waals surface area contributed by atoms with Crippen LogP contribution in [-0.2, 0) is 6.54 Å². The van der Waals surface area contributed by atoms with Crippen LogP contribution in [0.3, 0.4) is 0 Å². The molecule has 0 atom stereocenters. The normalized spacial score (nSPS) is 11.1. The molecule has 0 aliphatic rings. The molecule has 2 rings (SSSR count). The summed E-state index contributed by atoms with van der Waals surface area (Å²) in [7, 11) is 1.99. The van der Waals surface area contributed by atoms with Gasteiger partial charge in [-0.2, -0.15) is 0 Å². The van der Waals surface area contributed by atoms with Gasteiger partial charge in [-0.1, -0.05) is 48.6 Å². The molecule has 0 saturated heterocycles. The van der Waals surface area contributed by atoms with Crippen molar-refractivity contribution in [3.8, 4) is 11.3 Å². The van der Waals surface area contributed by atoms with Crippen molar-refractivity contribution in [1.82, 2.24) is 10.3 Å². The average molecular weight is 303 g/mol. The molecule has 0 radical (unpaired) electrons. The monoisotopic (exact) mass is 303 g/mol. The molecule has 3 nitrogen and oxygen atoms in total. The lowest BCUT2D eigenvalue weighted by atomic mass is 10.1. The van der Waals surface area contributed by atoms with E-state index in [1.165, 1.54) is 10.4 Å². The van der Waals surface area contributed by atoms with Gasteiger partial charge in [-0.05, 0) is 27.3 Å². The fourth-order valence-electron chi connectivity index (χ4n) is 2.38. The first-order valence-corrected chi connectivity index (χ1v) is 8.45. The zero-order valence-electron chi connectivity index (χ0n) is 13.4. The van der Waals surface area contributed by atoms with Crippen LogP contribution in [0.15, 0.2) is 30.3 Å². The van der Waals surface area contributed by atoms with Crippen LogP contribution >= 0.6 is 11.3 Å². The molecule has 0 amide bonds. The van der Waals surface area contributed by atoms with Gasteiger partial charge in [0.1, 0.15) is 0 Å². The van der Waals surface area contributed by atoms with E-state index >= 15 is 0 Å². The third-order valence-electron chi connectivity index (χ3n) is 3.40. The Morgan fingerprint density at radius 2 is 1.95 bits per heavy atom. The maximum absolute atomic E-state index is 4.94. The lowest BCUT2D eigenvalue weighted by Gasteiger charge is -2.25. The molecule has 0 spiro atoms. The number of anilines is 1. The van der Waals surface area contributed by atoms with Gasteiger partial charge >= 0.3 is 0 Å². The minimum absolute atomic E-state index is 0.474. The summed E-state index contributed by atoms with van der Waals surface area (Å²) in [6.45, 7) is 8.60. The zero-order chi connectivity index (χ0) is 15.2. The number of hydrogen-bond donors (Lipinski definition) is 1. The highest BCUT2D eigenvalue weighted by molar-refractivity contribution is 7.16. The Balaban J connectivity index is 2.41. The molecule has 0 bridgehead atoms. The van der Waals surface area contributed by atoms with Gasteiger partial charge in [0.25, 0.3) is 0 Å². The fraction of sp³-hybridized carbons (Fsp3) is 0.471. The summed E-state index contributed by atoms with van der Waals surface area (Å²) < 4.78 is 0. The maximum atomic E-state index is 4.94.